The highest BCUT2D eigenvalue weighted by Gasteiger charge is 2.24. The summed E-state index contributed by atoms with van der Waals surface area (Å²) in [5.74, 6) is 0.658. The standard InChI is InChI=1S/C17H33NO2/c1-14(2)10-12-18(15-8-6-7-9-15)13-11-16(19)20-17(3,4)5/h14-15H,6-13H2,1-5H3. The maximum atomic E-state index is 11.9. The zero-order chi connectivity index (χ0) is 15.2. The van der Waals surface area contributed by atoms with Gasteiger partial charge in [-0.3, -0.25) is 9.69 Å². The maximum Gasteiger partial charge on any atom is 0.307 e. The molecule has 1 rings (SSSR count). The van der Waals surface area contributed by atoms with Gasteiger partial charge >= 0.3 is 5.97 Å². The van der Waals surface area contributed by atoms with Crippen molar-refractivity contribution in [3.8, 4) is 0 Å². The van der Waals surface area contributed by atoms with Crippen molar-refractivity contribution in [2.24, 2.45) is 5.92 Å². The van der Waals surface area contributed by atoms with Crippen molar-refractivity contribution < 1.29 is 9.53 Å². The fourth-order valence-electron chi connectivity index (χ4n) is 2.80. The molecule has 1 saturated carbocycles. The van der Waals surface area contributed by atoms with Crippen LogP contribution in [0.5, 0.6) is 0 Å². The first-order valence-electron chi connectivity index (χ1n) is 8.24. The molecule has 0 bridgehead atoms. The van der Waals surface area contributed by atoms with Crippen molar-refractivity contribution in [2.45, 2.75) is 84.8 Å². The Hall–Kier alpha value is -0.570. The Bertz CT molecular complexity index is 288. The predicted molar refractivity (Wildman–Crippen MR) is 83.7 cm³/mol. The summed E-state index contributed by atoms with van der Waals surface area (Å²) in [6.07, 6.45) is 7.01. The molecule has 0 atom stereocenters. The fourth-order valence-corrected chi connectivity index (χ4v) is 2.80. The van der Waals surface area contributed by atoms with Crippen LogP contribution in [-0.4, -0.2) is 35.6 Å². The van der Waals surface area contributed by atoms with Crippen molar-refractivity contribution in [3.05, 3.63) is 0 Å². The molecule has 0 aliphatic heterocycles. The Kier molecular flexibility index (Phi) is 7.01. The van der Waals surface area contributed by atoms with E-state index in [1.807, 2.05) is 20.8 Å². The van der Waals surface area contributed by atoms with E-state index in [4.69, 9.17) is 4.74 Å². The lowest BCUT2D eigenvalue weighted by molar-refractivity contribution is -0.155. The summed E-state index contributed by atoms with van der Waals surface area (Å²) < 4.78 is 5.41. The number of carbonyl (C=O) groups excluding carboxylic acids is 1. The van der Waals surface area contributed by atoms with Crippen LogP contribution < -0.4 is 0 Å². The largest absolute Gasteiger partial charge is 0.460 e. The second-order valence-corrected chi connectivity index (χ2v) is 7.49. The average Bonchev–Trinajstić information content (AvgIpc) is 2.79. The van der Waals surface area contributed by atoms with E-state index in [-0.39, 0.29) is 11.6 Å². The number of carbonyl (C=O) groups is 1. The summed E-state index contributed by atoms with van der Waals surface area (Å²) in [5.41, 5.74) is -0.368. The molecule has 0 aromatic rings. The van der Waals surface area contributed by atoms with Gasteiger partial charge in [0.25, 0.3) is 0 Å². The van der Waals surface area contributed by atoms with E-state index >= 15 is 0 Å². The molecule has 0 radical (unpaired) electrons. The molecule has 3 nitrogen and oxygen atoms in total. The Morgan fingerprint density at radius 3 is 2.30 bits per heavy atom. The predicted octanol–water partition coefficient (Wildman–Crippen LogP) is 4.01. The molecule has 0 amide bonds. The van der Waals surface area contributed by atoms with E-state index in [0.717, 1.165) is 19.0 Å². The van der Waals surface area contributed by atoms with Crippen molar-refractivity contribution in [1.82, 2.24) is 4.90 Å². The molecule has 1 aliphatic rings. The molecule has 118 valence electrons. The van der Waals surface area contributed by atoms with Crippen molar-refractivity contribution in [1.29, 1.82) is 0 Å². The first-order valence-corrected chi connectivity index (χ1v) is 8.24. The monoisotopic (exact) mass is 283 g/mol. The molecule has 0 saturated heterocycles. The molecule has 1 fully saturated rings. The lowest BCUT2D eigenvalue weighted by atomic mass is 10.1. The van der Waals surface area contributed by atoms with Crippen LogP contribution in [0, 0.1) is 5.92 Å². The van der Waals surface area contributed by atoms with Crippen LogP contribution in [0.4, 0.5) is 0 Å². The summed E-state index contributed by atoms with van der Waals surface area (Å²) in [5, 5.41) is 0. The number of nitrogens with zero attached hydrogens (tertiary/aromatic N) is 1. The Balaban J connectivity index is 2.41. The normalized spacial score (nSPS) is 17.1. The zero-order valence-corrected chi connectivity index (χ0v) is 14.1. The first kappa shape index (κ1) is 17.5. The van der Waals surface area contributed by atoms with Crippen LogP contribution in [0.25, 0.3) is 0 Å². The minimum atomic E-state index is -0.368. The van der Waals surface area contributed by atoms with Gasteiger partial charge in [-0.1, -0.05) is 26.7 Å². The van der Waals surface area contributed by atoms with Crippen LogP contribution in [0.1, 0.15) is 73.1 Å². The van der Waals surface area contributed by atoms with Gasteiger partial charge in [-0.25, -0.2) is 0 Å². The van der Waals surface area contributed by atoms with Crippen LogP contribution >= 0.6 is 0 Å². The second-order valence-electron chi connectivity index (χ2n) is 7.49. The lowest BCUT2D eigenvalue weighted by Gasteiger charge is -2.29. The van der Waals surface area contributed by atoms with Gasteiger partial charge in [0.1, 0.15) is 5.60 Å². The summed E-state index contributed by atoms with van der Waals surface area (Å²) >= 11 is 0. The van der Waals surface area contributed by atoms with Gasteiger partial charge in [0, 0.05) is 12.6 Å². The SMILES string of the molecule is CC(C)CCN(CCC(=O)OC(C)(C)C)C1CCCC1. The van der Waals surface area contributed by atoms with E-state index in [1.165, 1.54) is 32.1 Å². The third-order valence-corrected chi connectivity index (χ3v) is 3.86. The average molecular weight is 283 g/mol. The maximum absolute atomic E-state index is 11.9. The van der Waals surface area contributed by atoms with Gasteiger partial charge in [-0.15, -0.1) is 0 Å². The van der Waals surface area contributed by atoms with Crippen LogP contribution in [0.2, 0.25) is 0 Å². The van der Waals surface area contributed by atoms with E-state index in [0.29, 0.717) is 12.5 Å². The summed E-state index contributed by atoms with van der Waals surface area (Å²) in [6.45, 7) is 12.3. The van der Waals surface area contributed by atoms with Gasteiger partial charge in [-0.2, -0.15) is 0 Å². The smallest absolute Gasteiger partial charge is 0.307 e. The third kappa shape index (κ3) is 7.28. The Morgan fingerprint density at radius 2 is 1.80 bits per heavy atom. The Labute approximate surface area is 125 Å². The highest BCUT2D eigenvalue weighted by molar-refractivity contribution is 5.70. The molecule has 3 heteroatoms. The lowest BCUT2D eigenvalue weighted by Crippen LogP contribution is -2.37. The number of hydrogen-bond donors (Lipinski definition) is 0. The van der Waals surface area contributed by atoms with E-state index in [9.17, 15) is 4.79 Å². The summed E-state index contributed by atoms with van der Waals surface area (Å²) in [4.78, 5) is 14.4. The Morgan fingerprint density at radius 1 is 1.20 bits per heavy atom. The summed E-state index contributed by atoms with van der Waals surface area (Å²) in [7, 11) is 0. The molecule has 0 heterocycles. The van der Waals surface area contributed by atoms with Gasteiger partial charge in [0.05, 0.1) is 6.42 Å². The first-order chi connectivity index (χ1) is 9.28. The zero-order valence-electron chi connectivity index (χ0n) is 14.1. The molecule has 20 heavy (non-hydrogen) atoms. The number of rotatable bonds is 7. The van der Waals surface area contributed by atoms with E-state index < -0.39 is 0 Å². The van der Waals surface area contributed by atoms with Crippen LogP contribution in [0.15, 0.2) is 0 Å². The molecular formula is C17H33NO2. The number of ether oxygens (including phenoxy) is 1. The topological polar surface area (TPSA) is 29.5 Å². The van der Waals surface area contributed by atoms with Crippen molar-refractivity contribution in [3.63, 3.8) is 0 Å². The van der Waals surface area contributed by atoms with Gasteiger partial charge in [-0.05, 0) is 52.5 Å². The number of hydrogen-bond acceptors (Lipinski definition) is 3. The van der Waals surface area contributed by atoms with Gasteiger partial charge in [0.15, 0.2) is 0 Å². The van der Waals surface area contributed by atoms with E-state index in [2.05, 4.69) is 18.7 Å². The molecule has 0 aromatic carbocycles. The second kappa shape index (κ2) is 8.02. The third-order valence-electron chi connectivity index (χ3n) is 3.86. The molecule has 1 aliphatic carbocycles. The molecule has 0 spiro atoms. The van der Waals surface area contributed by atoms with E-state index in [1.54, 1.807) is 0 Å². The molecule has 0 aromatic heterocycles. The quantitative estimate of drug-likeness (QED) is 0.661. The molecule has 0 N–H and O–H groups in total. The highest BCUT2D eigenvalue weighted by Crippen LogP contribution is 2.24. The van der Waals surface area contributed by atoms with Crippen LogP contribution in [0.3, 0.4) is 0 Å². The molecule has 0 unspecified atom stereocenters. The van der Waals surface area contributed by atoms with Gasteiger partial charge in [0.2, 0.25) is 0 Å². The summed E-state index contributed by atoms with van der Waals surface area (Å²) in [6, 6.07) is 0.691. The van der Waals surface area contributed by atoms with Crippen LogP contribution in [-0.2, 0) is 9.53 Å². The van der Waals surface area contributed by atoms with Gasteiger partial charge < -0.3 is 4.74 Å². The van der Waals surface area contributed by atoms with Crippen molar-refractivity contribution >= 4 is 5.97 Å². The number of esters is 1. The fraction of sp³-hybridized carbons (Fsp3) is 0.941. The minimum absolute atomic E-state index is 0.0648. The van der Waals surface area contributed by atoms with Crippen molar-refractivity contribution in [2.75, 3.05) is 13.1 Å². The minimum Gasteiger partial charge on any atom is -0.460 e. The molecular weight excluding hydrogens is 250 g/mol. The highest BCUT2D eigenvalue weighted by atomic mass is 16.6.